The summed E-state index contributed by atoms with van der Waals surface area (Å²) in [6.45, 7) is 9.22. The summed E-state index contributed by atoms with van der Waals surface area (Å²) in [4.78, 5) is 0. The highest BCUT2D eigenvalue weighted by Crippen LogP contribution is 2.69. The molecule has 0 saturated heterocycles. The van der Waals surface area contributed by atoms with Crippen LogP contribution in [0, 0.1) is 0 Å². The fraction of sp³-hybridized carbons (Fsp3) is 0.542. The highest BCUT2D eigenvalue weighted by molar-refractivity contribution is 8.49. The van der Waals surface area contributed by atoms with E-state index in [2.05, 4.69) is 111 Å². The van der Waals surface area contributed by atoms with Crippen molar-refractivity contribution in [3.63, 3.8) is 0 Å². The summed E-state index contributed by atoms with van der Waals surface area (Å²) in [5.74, 6) is 5.01. The molecular formula is C48H62S16. The first-order valence-corrected chi connectivity index (χ1v) is 36.9. The van der Waals surface area contributed by atoms with E-state index in [9.17, 15) is 0 Å². The third-order valence-corrected chi connectivity index (χ3v) is 32.7. The zero-order valence-electron chi connectivity index (χ0n) is 37.6. The largest absolute Gasteiger partial charge is 0.117 e. The summed E-state index contributed by atoms with van der Waals surface area (Å²) in [7, 11) is 0. The van der Waals surface area contributed by atoms with E-state index in [1.807, 2.05) is 141 Å². The van der Waals surface area contributed by atoms with Gasteiger partial charge in [0.05, 0.1) is 59.3 Å². The van der Waals surface area contributed by atoms with Crippen LogP contribution in [0.3, 0.4) is 0 Å². The molecule has 0 aromatic rings. The summed E-state index contributed by atoms with van der Waals surface area (Å²) in [6.07, 6.45) is 38.2. The molecule has 0 radical (unpaired) electrons. The fourth-order valence-corrected chi connectivity index (χ4v) is 30.8. The lowest BCUT2D eigenvalue weighted by Crippen LogP contribution is -1.93. The maximum Gasteiger partial charge on any atom is 0.0717 e. The van der Waals surface area contributed by atoms with Gasteiger partial charge in [-0.3, -0.25) is 0 Å². The van der Waals surface area contributed by atoms with Crippen LogP contribution in [0.4, 0.5) is 0 Å². The fourth-order valence-electron chi connectivity index (χ4n) is 6.69. The van der Waals surface area contributed by atoms with Gasteiger partial charge in [-0.05, 0) is 97.0 Å². The molecule has 6 aliphatic heterocycles. The molecule has 0 saturated carbocycles. The van der Waals surface area contributed by atoms with Gasteiger partial charge in [0.25, 0.3) is 0 Å². The Hall–Kier alpha value is 2.74. The standard InChI is InChI=1S/C48H62S16/c1-5-9-13-17-29-49-41-42(50-30-18-14-10-6-2)54-35(53-41)25-27-37-57-45-46(58-37)62-39(61-45)33-21-23-34(24-22-33)40-63-47-48(64-40)60-38(59-47)28-26-36-55-43(51-31-19-15-11-7-3)44(56-36)52-32-20-16-12-8-4/h21,23,25-28H,5-20,22,24,29-32H2,1-4H3. The number of allylic oxidation sites excluding steroid dienone is 8. The molecule has 16 heteroatoms. The Kier molecular flexibility index (Phi) is 26.1. The summed E-state index contributed by atoms with van der Waals surface area (Å²) in [5.41, 5.74) is 3.05. The highest BCUT2D eigenvalue weighted by atomic mass is 32.3. The van der Waals surface area contributed by atoms with Crippen LogP contribution in [-0.4, -0.2) is 23.0 Å². The second-order valence-electron chi connectivity index (χ2n) is 15.6. The molecule has 7 rings (SSSR count). The minimum atomic E-state index is 1.14. The lowest BCUT2D eigenvalue weighted by atomic mass is 10.00. The molecule has 350 valence electrons. The second kappa shape index (κ2) is 30.7. The van der Waals surface area contributed by atoms with Crippen LogP contribution in [-0.2, 0) is 0 Å². The normalized spacial score (nSPS) is 19.9. The predicted molar refractivity (Wildman–Crippen MR) is 330 cm³/mol. The predicted octanol–water partition coefficient (Wildman–Crippen LogP) is 23.8. The van der Waals surface area contributed by atoms with Crippen LogP contribution >= 0.6 is 188 Å². The van der Waals surface area contributed by atoms with E-state index in [1.54, 1.807) is 16.9 Å². The Morgan fingerprint density at radius 1 is 0.328 bits per heavy atom. The Balaban J connectivity index is 0.857. The highest BCUT2D eigenvalue weighted by Gasteiger charge is 2.34. The van der Waals surface area contributed by atoms with E-state index in [0.717, 1.165) is 12.8 Å². The van der Waals surface area contributed by atoms with E-state index in [4.69, 9.17) is 0 Å². The van der Waals surface area contributed by atoms with Gasteiger partial charge in [0.1, 0.15) is 0 Å². The number of rotatable bonds is 26. The third-order valence-electron chi connectivity index (χ3n) is 10.3. The molecule has 0 spiro atoms. The van der Waals surface area contributed by atoms with E-state index < -0.39 is 0 Å². The Labute approximate surface area is 455 Å². The monoisotopic (exact) mass is 1150 g/mol. The minimum absolute atomic E-state index is 1.14. The van der Waals surface area contributed by atoms with E-state index >= 15 is 0 Å². The van der Waals surface area contributed by atoms with Crippen molar-refractivity contribution in [2.24, 2.45) is 0 Å². The maximum atomic E-state index is 2.43. The van der Waals surface area contributed by atoms with Gasteiger partial charge in [-0.15, -0.1) is 47.0 Å². The smallest absolute Gasteiger partial charge is 0.0717 e. The van der Waals surface area contributed by atoms with E-state index in [1.165, 1.54) is 179 Å². The van der Waals surface area contributed by atoms with Gasteiger partial charge in [0.15, 0.2) is 0 Å². The molecule has 0 N–H and O–H groups in total. The molecule has 0 fully saturated rings. The van der Waals surface area contributed by atoms with Crippen molar-refractivity contribution in [1.82, 2.24) is 0 Å². The molecule has 0 nitrogen and oxygen atoms in total. The molecular weight excluding hydrogens is 1090 g/mol. The molecule has 6 heterocycles. The maximum absolute atomic E-state index is 2.43. The minimum Gasteiger partial charge on any atom is -0.117 e. The van der Waals surface area contributed by atoms with Gasteiger partial charge in [0.2, 0.25) is 0 Å². The SMILES string of the molecule is CCCCCCSC1=C(SCCCCCC)SC(=CC=C2SC3=C(S2)SC(=C2C=CC(=C4SC5=C(SC(=CC=C6SC(SCCCCCC)=C(SCCCCCC)S6)S5)S4)CC2)S3)S1. The molecule has 1 aliphatic carbocycles. The van der Waals surface area contributed by atoms with Gasteiger partial charge in [-0.1, -0.05) is 258 Å². The Morgan fingerprint density at radius 2 is 0.594 bits per heavy atom. The zero-order chi connectivity index (χ0) is 44.4. The average molecular weight is 1150 g/mol. The summed E-state index contributed by atoms with van der Waals surface area (Å²) in [5, 5.41) is 0. The number of hydrogen-bond donors (Lipinski definition) is 0. The number of thioether (sulfide) groups is 16. The molecule has 7 aliphatic rings. The van der Waals surface area contributed by atoms with Crippen molar-refractivity contribution in [3.05, 3.63) is 107 Å². The molecule has 0 aromatic heterocycles. The van der Waals surface area contributed by atoms with Crippen molar-refractivity contribution >= 4 is 188 Å². The van der Waals surface area contributed by atoms with Crippen molar-refractivity contribution < 1.29 is 0 Å². The van der Waals surface area contributed by atoms with Crippen LogP contribution in [0.1, 0.15) is 143 Å². The van der Waals surface area contributed by atoms with Gasteiger partial charge in [-0.25, -0.2) is 0 Å². The first kappa shape index (κ1) is 54.5. The topological polar surface area (TPSA) is 0 Å². The average Bonchev–Trinajstić information content (AvgIpc) is 4.16. The van der Waals surface area contributed by atoms with Gasteiger partial charge in [-0.2, -0.15) is 0 Å². The molecule has 0 atom stereocenters. The van der Waals surface area contributed by atoms with Gasteiger partial charge in [0, 0.05) is 0 Å². The van der Waals surface area contributed by atoms with Crippen molar-refractivity contribution in [3.8, 4) is 0 Å². The van der Waals surface area contributed by atoms with Crippen molar-refractivity contribution in [1.29, 1.82) is 0 Å². The zero-order valence-corrected chi connectivity index (χ0v) is 50.6. The molecule has 0 amide bonds. The van der Waals surface area contributed by atoms with E-state index in [-0.39, 0.29) is 0 Å². The van der Waals surface area contributed by atoms with Crippen molar-refractivity contribution in [2.45, 2.75) is 143 Å². The van der Waals surface area contributed by atoms with Gasteiger partial charge < -0.3 is 0 Å². The van der Waals surface area contributed by atoms with E-state index in [0.29, 0.717) is 0 Å². The van der Waals surface area contributed by atoms with Crippen molar-refractivity contribution in [2.75, 3.05) is 23.0 Å². The van der Waals surface area contributed by atoms with Crippen LogP contribution in [0.25, 0.3) is 0 Å². The van der Waals surface area contributed by atoms with Crippen LogP contribution < -0.4 is 0 Å². The molecule has 0 unspecified atom stereocenters. The molecule has 0 aromatic carbocycles. The quantitative estimate of drug-likeness (QED) is 0.0754. The lowest BCUT2D eigenvalue weighted by molar-refractivity contribution is 0.707. The molecule has 0 bridgehead atoms. The summed E-state index contributed by atoms with van der Waals surface area (Å²) < 4.78 is 20.9. The van der Waals surface area contributed by atoms with Crippen LogP contribution in [0.15, 0.2) is 107 Å². The first-order chi connectivity index (χ1) is 31.5. The van der Waals surface area contributed by atoms with Crippen LogP contribution in [0.2, 0.25) is 0 Å². The summed E-state index contributed by atoms with van der Waals surface area (Å²) in [6, 6.07) is 0. The molecule has 64 heavy (non-hydrogen) atoms. The third kappa shape index (κ3) is 17.5. The van der Waals surface area contributed by atoms with Crippen LogP contribution in [0.5, 0.6) is 0 Å². The number of hydrogen-bond acceptors (Lipinski definition) is 16. The Morgan fingerprint density at radius 3 is 0.844 bits per heavy atom. The van der Waals surface area contributed by atoms with Gasteiger partial charge >= 0.3 is 0 Å². The first-order valence-electron chi connectivity index (χ1n) is 23.1. The Bertz CT molecular complexity index is 1750. The number of unbranched alkanes of at least 4 members (excludes halogenated alkanes) is 12. The lowest BCUT2D eigenvalue weighted by Gasteiger charge is -2.16. The second-order valence-corrected chi connectivity index (χ2v) is 36.1. The summed E-state index contributed by atoms with van der Waals surface area (Å²) >= 11 is 32.6.